The molecule has 0 saturated heterocycles. The van der Waals surface area contributed by atoms with Crippen LogP contribution in [0.25, 0.3) is 0 Å². The van der Waals surface area contributed by atoms with Crippen LogP contribution in [-0.4, -0.2) is 22.1 Å². The Morgan fingerprint density at radius 1 is 1.15 bits per heavy atom. The lowest BCUT2D eigenvalue weighted by atomic mass is 10.3. The molecule has 0 fully saturated rings. The van der Waals surface area contributed by atoms with E-state index in [-0.39, 0.29) is 17.6 Å². The van der Waals surface area contributed by atoms with Crippen LogP contribution in [0, 0.1) is 0 Å². The van der Waals surface area contributed by atoms with Gasteiger partial charge in [0.15, 0.2) is 5.69 Å². The highest BCUT2D eigenvalue weighted by atomic mass is 35.5. The molecule has 0 saturated carbocycles. The van der Waals surface area contributed by atoms with Gasteiger partial charge in [0.25, 0.3) is 5.91 Å². The largest absolute Gasteiger partial charge is 0.366 e. The predicted octanol–water partition coefficient (Wildman–Crippen LogP) is 3.20. The smallest absolute Gasteiger partial charge is 0.276 e. The van der Waals surface area contributed by atoms with Crippen LogP contribution >= 0.6 is 11.6 Å². The Labute approximate surface area is 122 Å². The molecule has 0 aliphatic carbocycles. The third-order valence-corrected chi connectivity index (χ3v) is 2.79. The van der Waals surface area contributed by atoms with Crippen molar-refractivity contribution in [3.63, 3.8) is 0 Å². The molecule has 20 heavy (non-hydrogen) atoms. The number of anilines is 2. The number of hydrogen-bond acceptors (Lipinski definition) is 4. The van der Waals surface area contributed by atoms with Crippen molar-refractivity contribution in [3.05, 3.63) is 47.1 Å². The summed E-state index contributed by atoms with van der Waals surface area (Å²) in [4.78, 5) is 12.0. The van der Waals surface area contributed by atoms with E-state index in [1.807, 2.05) is 13.8 Å². The monoisotopic (exact) mass is 290 g/mol. The van der Waals surface area contributed by atoms with Gasteiger partial charge in [0.05, 0.1) is 10.7 Å². The van der Waals surface area contributed by atoms with Gasteiger partial charge in [-0.05, 0) is 38.1 Å². The van der Waals surface area contributed by atoms with Crippen molar-refractivity contribution in [3.8, 4) is 0 Å². The van der Waals surface area contributed by atoms with Crippen LogP contribution in [0.15, 0.2) is 36.4 Å². The van der Waals surface area contributed by atoms with E-state index < -0.39 is 0 Å². The van der Waals surface area contributed by atoms with Crippen LogP contribution in [0.3, 0.4) is 0 Å². The van der Waals surface area contributed by atoms with Gasteiger partial charge >= 0.3 is 0 Å². The molecule has 0 radical (unpaired) electrons. The van der Waals surface area contributed by atoms with Crippen molar-refractivity contribution in [2.75, 3.05) is 10.6 Å². The fraction of sp³-hybridized carbons (Fsp3) is 0.214. The second-order valence-corrected chi connectivity index (χ2v) is 4.94. The molecule has 2 rings (SSSR count). The average Bonchev–Trinajstić information content (AvgIpc) is 2.41. The van der Waals surface area contributed by atoms with Gasteiger partial charge in [0.1, 0.15) is 5.82 Å². The molecular formula is C14H15ClN4O. The number of benzene rings is 1. The summed E-state index contributed by atoms with van der Waals surface area (Å²) in [6.07, 6.45) is 0. The van der Waals surface area contributed by atoms with Gasteiger partial charge in [-0.25, -0.2) is 0 Å². The molecule has 2 N–H and O–H groups in total. The van der Waals surface area contributed by atoms with Crippen LogP contribution in [0.5, 0.6) is 0 Å². The minimum atomic E-state index is -0.346. The van der Waals surface area contributed by atoms with E-state index in [4.69, 9.17) is 11.6 Å². The van der Waals surface area contributed by atoms with Crippen molar-refractivity contribution in [1.82, 2.24) is 10.2 Å². The highest BCUT2D eigenvalue weighted by Crippen LogP contribution is 2.20. The maximum Gasteiger partial charge on any atom is 0.276 e. The second-order valence-electron chi connectivity index (χ2n) is 4.54. The van der Waals surface area contributed by atoms with Crippen molar-refractivity contribution >= 4 is 29.0 Å². The quantitative estimate of drug-likeness (QED) is 0.907. The third kappa shape index (κ3) is 3.68. The van der Waals surface area contributed by atoms with Gasteiger partial charge in [0.2, 0.25) is 0 Å². The first-order chi connectivity index (χ1) is 9.56. The highest BCUT2D eigenvalue weighted by Gasteiger charge is 2.10. The molecule has 1 aromatic heterocycles. The number of halogens is 1. The summed E-state index contributed by atoms with van der Waals surface area (Å²) in [5.74, 6) is 0.288. The number of nitrogens with one attached hydrogen (secondary N) is 2. The maximum atomic E-state index is 12.0. The zero-order valence-electron chi connectivity index (χ0n) is 11.2. The van der Waals surface area contributed by atoms with E-state index in [1.165, 1.54) is 0 Å². The molecule has 6 heteroatoms. The fourth-order valence-electron chi connectivity index (χ4n) is 1.58. The van der Waals surface area contributed by atoms with Crippen LogP contribution in [-0.2, 0) is 0 Å². The molecule has 104 valence electrons. The molecule has 0 spiro atoms. The summed E-state index contributed by atoms with van der Waals surface area (Å²) in [7, 11) is 0. The Balaban J connectivity index is 2.08. The molecule has 0 atom stereocenters. The molecule has 1 aromatic carbocycles. The van der Waals surface area contributed by atoms with E-state index in [9.17, 15) is 4.79 Å². The average molecular weight is 291 g/mol. The number of rotatable bonds is 4. The third-order valence-electron chi connectivity index (χ3n) is 2.46. The molecule has 0 unspecified atom stereocenters. The van der Waals surface area contributed by atoms with E-state index in [0.717, 1.165) is 0 Å². The van der Waals surface area contributed by atoms with Gasteiger partial charge in [-0.2, -0.15) is 0 Å². The van der Waals surface area contributed by atoms with Gasteiger partial charge in [-0.1, -0.05) is 23.7 Å². The SMILES string of the molecule is CC(C)Nc1ccc(C(=O)Nc2ccccc2Cl)nn1. The number of aromatic nitrogens is 2. The minimum Gasteiger partial charge on any atom is -0.366 e. The van der Waals surface area contributed by atoms with E-state index in [0.29, 0.717) is 16.5 Å². The summed E-state index contributed by atoms with van der Waals surface area (Å²) in [6.45, 7) is 4.00. The van der Waals surface area contributed by atoms with Gasteiger partial charge < -0.3 is 10.6 Å². The molecular weight excluding hydrogens is 276 g/mol. The number of carbonyl (C=O) groups excluding carboxylic acids is 1. The summed E-state index contributed by atoms with van der Waals surface area (Å²) >= 11 is 5.98. The molecule has 5 nitrogen and oxygen atoms in total. The standard InChI is InChI=1S/C14H15ClN4O/c1-9(2)16-13-8-7-12(18-19-13)14(20)17-11-6-4-3-5-10(11)15/h3-9H,1-2H3,(H,16,19)(H,17,20). The minimum absolute atomic E-state index is 0.235. The van der Waals surface area contributed by atoms with Crippen molar-refractivity contribution in [2.45, 2.75) is 19.9 Å². The second kappa shape index (κ2) is 6.34. The van der Waals surface area contributed by atoms with E-state index in [2.05, 4.69) is 20.8 Å². The fourth-order valence-corrected chi connectivity index (χ4v) is 1.76. The number of nitrogens with zero attached hydrogens (tertiary/aromatic N) is 2. The van der Waals surface area contributed by atoms with Crippen molar-refractivity contribution in [1.29, 1.82) is 0 Å². The lowest BCUT2D eigenvalue weighted by Gasteiger charge is -2.09. The number of carbonyl (C=O) groups is 1. The number of hydrogen-bond donors (Lipinski definition) is 2. The summed E-state index contributed by atoms with van der Waals surface area (Å²) in [6, 6.07) is 10.6. The summed E-state index contributed by atoms with van der Waals surface area (Å²) in [5.41, 5.74) is 0.782. The summed E-state index contributed by atoms with van der Waals surface area (Å²) in [5, 5.41) is 14.1. The van der Waals surface area contributed by atoms with Crippen molar-refractivity contribution in [2.24, 2.45) is 0 Å². The predicted molar refractivity (Wildman–Crippen MR) is 80.2 cm³/mol. The Hall–Kier alpha value is -2.14. The Bertz CT molecular complexity index is 598. The molecule has 1 heterocycles. The number of amides is 1. The topological polar surface area (TPSA) is 66.9 Å². The molecule has 0 aliphatic rings. The van der Waals surface area contributed by atoms with Crippen LogP contribution in [0.1, 0.15) is 24.3 Å². The van der Waals surface area contributed by atoms with Crippen LogP contribution in [0.2, 0.25) is 5.02 Å². The normalized spacial score (nSPS) is 10.4. The Kier molecular flexibility index (Phi) is 4.53. The van der Waals surface area contributed by atoms with Gasteiger partial charge in [0, 0.05) is 6.04 Å². The highest BCUT2D eigenvalue weighted by molar-refractivity contribution is 6.33. The van der Waals surface area contributed by atoms with E-state index in [1.54, 1.807) is 36.4 Å². The lowest BCUT2D eigenvalue weighted by Crippen LogP contribution is -2.16. The molecule has 0 bridgehead atoms. The van der Waals surface area contributed by atoms with Crippen LogP contribution < -0.4 is 10.6 Å². The zero-order chi connectivity index (χ0) is 14.5. The van der Waals surface area contributed by atoms with Crippen LogP contribution in [0.4, 0.5) is 11.5 Å². The first kappa shape index (κ1) is 14.3. The maximum absolute atomic E-state index is 12.0. The van der Waals surface area contributed by atoms with Gasteiger partial charge in [-0.15, -0.1) is 10.2 Å². The number of para-hydroxylation sites is 1. The molecule has 0 aliphatic heterocycles. The molecule has 2 aromatic rings. The van der Waals surface area contributed by atoms with Crippen molar-refractivity contribution < 1.29 is 4.79 Å². The van der Waals surface area contributed by atoms with Gasteiger partial charge in [-0.3, -0.25) is 4.79 Å². The first-order valence-electron chi connectivity index (χ1n) is 6.22. The summed E-state index contributed by atoms with van der Waals surface area (Å²) < 4.78 is 0. The first-order valence-corrected chi connectivity index (χ1v) is 6.60. The lowest BCUT2D eigenvalue weighted by molar-refractivity contribution is 0.102. The molecule has 1 amide bonds. The Morgan fingerprint density at radius 2 is 1.90 bits per heavy atom. The zero-order valence-corrected chi connectivity index (χ0v) is 12.0. The van der Waals surface area contributed by atoms with E-state index >= 15 is 0 Å². The Morgan fingerprint density at radius 3 is 2.50 bits per heavy atom.